The van der Waals surface area contributed by atoms with Crippen LogP contribution in [-0.4, -0.2) is 23.3 Å². The van der Waals surface area contributed by atoms with Crippen molar-refractivity contribution in [2.75, 3.05) is 12.0 Å². The van der Waals surface area contributed by atoms with Crippen LogP contribution in [-0.2, 0) is 6.54 Å². The van der Waals surface area contributed by atoms with Gasteiger partial charge >= 0.3 is 0 Å². The van der Waals surface area contributed by atoms with Crippen molar-refractivity contribution >= 4 is 29.3 Å². The number of benzene rings is 1. The van der Waals surface area contributed by atoms with E-state index in [4.69, 9.17) is 14.9 Å². The first-order chi connectivity index (χ1) is 13.7. The van der Waals surface area contributed by atoms with Crippen molar-refractivity contribution in [1.29, 1.82) is 0 Å². The first-order valence-electron chi connectivity index (χ1n) is 8.93. The van der Waals surface area contributed by atoms with Crippen LogP contribution in [0.2, 0.25) is 0 Å². The van der Waals surface area contributed by atoms with Gasteiger partial charge < -0.3 is 24.4 Å². The topological polar surface area (TPSA) is 86.0 Å². The third kappa shape index (κ3) is 2.40. The number of nitrogens with zero attached hydrogens (tertiary/aromatic N) is 3. The zero-order valence-electron chi connectivity index (χ0n) is 15.2. The van der Waals surface area contributed by atoms with Gasteiger partial charge in [-0.1, -0.05) is 6.08 Å². The lowest BCUT2D eigenvalue weighted by atomic mass is 10.1. The Labute approximate surface area is 161 Å². The molecule has 5 rings (SSSR count). The number of rotatable bonds is 4. The maximum Gasteiger partial charge on any atom is 0.245 e. The van der Waals surface area contributed by atoms with Gasteiger partial charge in [-0.25, -0.2) is 0 Å². The molecule has 3 aromatic rings. The second kappa shape index (κ2) is 6.24. The SMILES string of the molecule is COc1ccc(N2C(C(=O)c3ccc4n3CC=C4)=Nc3occc3C2N)cc1. The van der Waals surface area contributed by atoms with Gasteiger partial charge in [-0.05, 0) is 48.5 Å². The van der Waals surface area contributed by atoms with Crippen molar-refractivity contribution in [3.05, 3.63) is 71.8 Å². The number of furan rings is 1. The summed E-state index contributed by atoms with van der Waals surface area (Å²) < 4.78 is 12.6. The Hall–Kier alpha value is -3.58. The Balaban J connectivity index is 1.62. The number of ether oxygens (including phenoxy) is 1. The van der Waals surface area contributed by atoms with Crippen LogP contribution < -0.4 is 15.4 Å². The number of amidine groups is 1. The van der Waals surface area contributed by atoms with E-state index in [9.17, 15) is 4.79 Å². The van der Waals surface area contributed by atoms with Gasteiger partial charge in [0.05, 0.1) is 24.6 Å². The normalized spacial score (nSPS) is 17.3. The van der Waals surface area contributed by atoms with Gasteiger partial charge in [-0.2, -0.15) is 4.99 Å². The predicted octanol–water partition coefficient (Wildman–Crippen LogP) is 3.51. The molecule has 28 heavy (non-hydrogen) atoms. The van der Waals surface area contributed by atoms with Crippen molar-refractivity contribution in [2.24, 2.45) is 10.7 Å². The van der Waals surface area contributed by atoms with E-state index < -0.39 is 6.17 Å². The van der Waals surface area contributed by atoms with Crippen LogP contribution in [0.4, 0.5) is 11.6 Å². The van der Waals surface area contributed by atoms with Crippen molar-refractivity contribution in [1.82, 2.24) is 4.57 Å². The predicted molar refractivity (Wildman–Crippen MR) is 106 cm³/mol. The fraction of sp³-hybridized carbons (Fsp3) is 0.143. The number of carbonyl (C=O) groups excluding carboxylic acids is 1. The van der Waals surface area contributed by atoms with E-state index in [2.05, 4.69) is 4.99 Å². The molecule has 2 aromatic heterocycles. The van der Waals surface area contributed by atoms with E-state index in [0.29, 0.717) is 18.1 Å². The number of aliphatic imine (C=N–C) groups is 1. The minimum Gasteiger partial charge on any atom is -0.497 e. The van der Waals surface area contributed by atoms with Crippen LogP contribution in [0.5, 0.6) is 5.75 Å². The highest BCUT2D eigenvalue weighted by Crippen LogP contribution is 2.37. The lowest BCUT2D eigenvalue weighted by Crippen LogP contribution is -2.45. The number of hydrogen-bond donors (Lipinski definition) is 1. The van der Waals surface area contributed by atoms with Gasteiger partial charge in [0, 0.05) is 17.9 Å². The van der Waals surface area contributed by atoms with Crippen LogP contribution in [0.1, 0.15) is 27.9 Å². The van der Waals surface area contributed by atoms with Crippen molar-refractivity contribution in [3.8, 4) is 5.75 Å². The number of ketones is 1. The first-order valence-corrected chi connectivity index (χ1v) is 8.93. The number of allylic oxidation sites excluding steroid dienone is 1. The molecule has 1 atom stereocenters. The van der Waals surface area contributed by atoms with Crippen LogP contribution in [0.25, 0.3) is 6.08 Å². The standard InChI is InChI=1S/C21H18N4O3/c1-27-15-7-4-14(5-8-15)25-19(22)16-10-12-28-21(16)23-20(25)18(26)17-9-6-13-3-2-11-24(13)17/h2-10,12,19H,11,22H2,1H3. The maximum atomic E-state index is 13.5. The van der Waals surface area contributed by atoms with Crippen LogP contribution in [0, 0.1) is 0 Å². The van der Waals surface area contributed by atoms with Gasteiger partial charge in [0.25, 0.3) is 0 Å². The summed E-state index contributed by atoms with van der Waals surface area (Å²) in [6.07, 6.45) is 4.96. The summed E-state index contributed by atoms with van der Waals surface area (Å²) in [4.78, 5) is 19.7. The Morgan fingerprint density at radius 1 is 1.21 bits per heavy atom. The van der Waals surface area contributed by atoms with E-state index in [1.54, 1.807) is 18.1 Å². The Morgan fingerprint density at radius 2 is 2.04 bits per heavy atom. The molecule has 0 aliphatic carbocycles. The molecule has 7 nitrogen and oxygen atoms in total. The van der Waals surface area contributed by atoms with Gasteiger partial charge in [0.2, 0.25) is 11.7 Å². The number of methoxy groups -OCH3 is 1. The molecule has 1 unspecified atom stereocenters. The third-order valence-corrected chi connectivity index (χ3v) is 5.08. The highest BCUT2D eigenvalue weighted by Gasteiger charge is 2.35. The minimum absolute atomic E-state index is 0.205. The molecular formula is C21H18N4O3. The zero-order chi connectivity index (χ0) is 19.3. The van der Waals surface area contributed by atoms with E-state index in [-0.39, 0.29) is 11.6 Å². The van der Waals surface area contributed by atoms with Gasteiger partial charge in [0.1, 0.15) is 11.9 Å². The molecule has 140 valence electrons. The number of anilines is 1. The molecule has 0 saturated carbocycles. The number of aromatic nitrogens is 1. The van der Waals surface area contributed by atoms with Crippen molar-refractivity contribution < 1.29 is 13.9 Å². The summed E-state index contributed by atoms with van der Waals surface area (Å²) in [6.45, 7) is 0.664. The number of carbonyl (C=O) groups is 1. The van der Waals surface area contributed by atoms with Gasteiger partial charge in [-0.3, -0.25) is 4.79 Å². The second-order valence-electron chi connectivity index (χ2n) is 6.61. The Morgan fingerprint density at radius 3 is 2.82 bits per heavy atom. The minimum atomic E-state index is -0.593. The van der Waals surface area contributed by atoms with Crippen LogP contribution in [0.3, 0.4) is 0 Å². The second-order valence-corrected chi connectivity index (χ2v) is 6.61. The molecule has 2 aliphatic heterocycles. The summed E-state index contributed by atoms with van der Waals surface area (Å²) in [5.41, 5.74) is 9.56. The number of Topliss-reactive ketones (excluding diaryl/α,β-unsaturated/α-hetero) is 1. The number of nitrogens with two attached hydrogens (primary N) is 1. The third-order valence-electron chi connectivity index (χ3n) is 5.08. The van der Waals surface area contributed by atoms with Gasteiger partial charge in [-0.15, -0.1) is 0 Å². The van der Waals surface area contributed by atoms with E-state index in [1.165, 1.54) is 6.26 Å². The summed E-state index contributed by atoms with van der Waals surface area (Å²) >= 11 is 0. The monoisotopic (exact) mass is 374 g/mol. The average molecular weight is 374 g/mol. The van der Waals surface area contributed by atoms with Crippen molar-refractivity contribution in [2.45, 2.75) is 12.7 Å². The fourth-order valence-corrected chi connectivity index (χ4v) is 3.66. The molecule has 0 saturated heterocycles. The summed E-state index contributed by atoms with van der Waals surface area (Å²) in [7, 11) is 1.61. The first kappa shape index (κ1) is 16.6. The maximum absolute atomic E-state index is 13.5. The van der Waals surface area contributed by atoms with E-state index >= 15 is 0 Å². The molecule has 1 aromatic carbocycles. The number of fused-ring (bicyclic) bond motifs is 2. The Bertz CT molecular complexity index is 1120. The Kier molecular flexibility index (Phi) is 3.70. The quantitative estimate of drug-likeness (QED) is 0.706. The fourth-order valence-electron chi connectivity index (χ4n) is 3.66. The van der Waals surface area contributed by atoms with E-state index in [0.717, 1.165) is 22.7 Å². The molecule has 0 amide bonds. The van der Waals surface area contributed by atoms with E-state index in [1.807, 2.05) is 53.1 Å². The highest BCUT2D eigenvalue weighted by molar-refractivity contribution is 6.49. The summed E-state index contributed by atoms with van der Waals surface area (Å²) in [5.74, 6) is 1.11. The summed E-state index contributed by atoms with van der Waals surface area (Å²) in [6, 6.07) is 12.9. The molecule has 0 bridgehead atoms. The smallest absolute Gasteiger partial charge is 0.245 e. The molecular weight excluding hydrogens is 356 g/mol. The lowest BCUT2D eigenvalue weighted by molar-refractivity contribution is 0.105. The van der Waals surface area contributed by atoms with Crippen LogP contribution >= 0.6 is 0 Å². The molecule has 0 spiro atoms. The van der Waals surface area contributed by atoms with Crippen LogP contribution in [0.15, 0.2) is 64.2 Å². The number of hydrogen-bond acceptors (Lipinski definition) is 6. The van der Waals surface area contributed by atoms with Crippen molar-refractivity contribution in [3.63, 3.8) is 0 Å². The summed E-state index contributed by atoms with van der Waals surface area (Å²) in [5, 5.41) is 0. The lowest BCUT2D eigenvalue weighted by Gasteiger charge is -2.33. The highest BCUT2D eigenvalue weighted by atomic mass is 16.5. The molecule has 7 heteroatoms. The van der Waals surface area contributed by atoms with Gasteiger partial charge in [0.15, 0.2) is 5.84 Å². The molecule has 0 fully saturated rings. The molecule has 2 aliphatic rings. The zero-order valence-corrected chi connectivity index (χ0v) is 15.2. The molecule has 2 N–H and O–H groups in total. The largest absolute Gasteiger partial charge is 0.497 e. The molecule has 0 radical (unpaired) electrons. The average Bonchev–Trinajstić information content (AvgIpc) is 3.44. The molecule has 4 heterocycles.